The number of aromatic nitrogens is 2. The van der Waals surface area contributed by atoms with Crippen LogP contribution in [0.3, 0.4) is 0 Å². The fourth-order valence-corrected chi connectivity index (χ4v) is 4.75. The number of benzene rings is 2. The van der Waals surface area contributed by atoms with Crippen molar-refractivity contribution in [3.8, 4) is 11.6 Å². The quantitative estimate of drug-likeness (QED) is 0.487. The molecule has 3 heterocycles. The van der Waals surface area contributed by atoms with E-state index in [0.717, 1.165) is 10.0 Å². The summed E-state index contributed by atoms with van der Waals surface area (Å²) in [5.41, 5.74) is 1.71. The van der Waals surface area contributed by atoms with E-state index in [1.807, 2.05) is 30.3 Å². The summed E-state index contributed by atoms with van der Waals surface area (Å²) in [6.45, 7) is -2.82. The molecule has 1 aromatic heterocycles. The number of amides is 2. The molecule has 2 aliphatic rings. The van der Waals surface area contributed by atoms with Gasteiger partial charge in [-0.15, -0.1) is 0 Å². The highest BCUT2D eigenvalue weighted by Crippen LogP contribution is 2.36. The normalized spacial score (nSPS) is 17.7. The standard InChI is InChI=1S/C24H21BrF2N4O4/c1-29-17-8-7-15(25)11-19(17)34-13-18(21(29)32)30-10-9-16-20(22(30)33)28-31(23(16)35-24(26)27)12-14-5-3-2-4-6-14/h2-8,11,18,24H,9-10,12-13H2,1H3/t18-/m0/s1. The lowest BCUT2D eigenvalue weighted by molar-refractivity contribution is -0.123. The van der Waals surface area contributed by atoms with Crippen LogP contribution in [0, 0.1) is 0 Å². The summed E-state index contributed by atoms with van der Waals surface area (Å²) in [6.07, 6.45) is 0.212. The van der Waals surface area contributed by atoms with Gasteiger partial charge in [-0.3, -0.25) is 9.59 Å². The van der Waals surface area contributed by atoms with E-state index in [2.05, 4.69) is 21.0 Å². The molecular weight excluding hydrogens is 526 g/mol. The molecule has 0 fully saturated rings. The zero-order valence-corrected chi connectivity index (χ0v) is 20.2. The second kappa shape index (κ2) is 9.29. The average molecular weight is 547 g/mol. The minimum absolute atomic E-state index is 0.00258. The molecule has 0 unspecified atom stereocenters. The van der Waals surface area contributed by atoms with Gasteiger partial charge in [-0.1, -0.05) is 46.3 Å². The maximum atomic E-state index is 13.5. The Morgan fingerprint density at radius 3 is 2.71 bits per heavy atom. The van der Waals surface area contributed by atoms with Crippen LogP contribution >= 0.6 is 15.9 Å². The van der Waals surface area contributed by atoms with Crippen LogP contribution in [0.2, 0.25) is 0 Å². The van der Waals surface area contributed by atoms with Gasteiger partial charge in [0.05, 0.1) is 12.2 Å². The van der Waals surface area contributed by atoms with Crippen molar-refractivity contribution in [2.75, 3.05) is 25.1 Å². The Labute approximate surface area is 208 Å². The summed E-state index contributed by atoms with van der Waals surface area (Å²) in [6, 6.07) is 13.6. The van der Waals surface area contributed by atoms with E-state index >= 15 is 0 Å². The number of likely N-dealkylation sites (N-methyl/N-ethyl adjacent to an activating group) is 1. The van der Waals surface area contributed by atoms with Crippen LogP contribution in [-0.2, 0) is 17.8 Å². The number of hydrogen-bond acceptors (Lipinski definition) is 5. The van der Waals surface area contributed by atoms with Gasteiger partial charge in [-0.05, 0) is 30.2 Å². The molecule has 11 heteroatoms. The van der Waals surface area contributed by atoms with Gasteiger partial charge in [0, 0.05) is 23.6 Å². The lowest BCUT2D eigenvalue weighted by Gasteiger charge is -2.33. The van der Waals surface area contributed by atoms with Crippen molar-refractivity contribution < 1.29 is 27.8 Å². The Balaban J connectivity index is 1.46. The second-order valence-electron chi connectivity index (χ2n) is 8.24. The smallest absolute Gasteiger partial charge is 0.388 e. The number of rotatable bonds is 5. The predicted octanol–water partition coefficient (Wildman–Crippen LogP) is 3.72. The zero-order chi connectivity index (χ0) is 24.7. The van der Waals surface area contributed by atoms with Gasteiger partial charge in [0.15, 0.2) is 5.69 Å². The number of carbonyl (C=O) groups excluding carboxylic acids is 2. The molecule has 182 valence electrons. The minimum atomic E-state index is -3.07. The molecule has 0 N–H and O–H groups in total. The molecule has 0 aliphatic carbocycles. The number of ether oxygens (including phenoxy) is 2. The second-order valence-corrected chi connectivity index (χ2v) is 9.15. The molecule has 3 aromatic rings. The van der Waals surface area contributed by atoms with Crippen LogP contribution in [0.25, 0.3) is 0 Å². The van der Waals surface area contributed by atoms with Crippen molar-refractivity contribution in [1.29, 1.82) is 0 Å². The fourth-order valence-electron chi connectivity index (χ4n) is 4.41. The monoisotopic (exact) mass is 546 g/mol. The topological polar surface area (TPSA) is 76.9 Å². The highest BCUT2D eigenvalue weighted by atomic mass is 79.9. The molecule has 8 nitrogen and oxygen atoms in total. The van der Waals surface area contributed by atoms with Gasteiger partial charge in [-0.25, -0.2) is 4.68 Å². The first-order chi connectivity index (χ1) is 16.8. The van der Waals surface area contributed by atoms with E-state index in [1.165, 1.54) is 14.5 Å². The third kappa shape index (κ3) is 4.36. The summed E-state index contributed by atoms with van der Waals surface area (Å²) in [7, 11) is 1.62. The third-order valence-electron chi connectivity index (χ3n) is 6.11. The molecule has 35 heavy (non-hydrogen) atoms. The maximum Gasteiger partial charge on any atom is 0.388 e. The number of carbonyl (C=O) groups is 2. The van der Waals surface area contributed by atoms with Crippen LogP contribution in [0.4, 0.5) is 14.5 Å². The SMILES string of the molecule is CN1C(=O)[C@@H](N2CCc3c(nn(Cc4ccccc4)c3OC(F)F)C2=O)COc2cc(Br)ccc21. The largest absolute Gasteiger partial charge is 0.489 e. The van der Waals surface area contributed by atoms with Crippen LogP contribution < -0.4 is 14.4 Å². The molecule has 0 bridgehead atoms. The van der Waals surface area contributed by atoms with Crippen LogP contribution in [0.5, 0.6) is 11.6 Å². The zero-order valence-electron chi connectivity index (χ0n) is 18.7. The Hall–Kier alpha value is -3.47. The number of halogens is 3. The predicted molar refractivity (Wildman–Crippen MR) is 126 cm³/mol. The Morgan fingerprint density at radius 2 is 1.97 bits per heavy atom. The first-order valence-electron chi connectivity index (χ1n) is 10.9. The van der Waals surface area contributed by atoms with Gasteiger partial charge < -0.3 is 19.3 Å². The summed E-state index contributed by atoms with van der Waals surface area (Å²) < 4.78 is 39.2. The molecule has 0 spiro atoms. The summed E-state index contributed by atoms with van der Waals surface area (Å²) in [4.78, 5) is 29.6. The fraction of sp³-hybridized carbons (Fsp3) is 0.292. The van der Waals surface area contributed by atoms with Gasteiger partial charge in [0.2, 0.25) is 5.88 Å². The van der Waals surface area contributed by atoms with E-state index in [-0.39, 0.29) is 43.6 Å². The Bertz CT molecular complexity index is 1280. The van der Waals surface area contributed by atoms with Crippen molar-refractivity contribution in [2.24, 2.45) is 0 Å². The maximum absolute atomic E-state index is 13.5. The molecule has 2 aromatic carbocycles. The molecule has 5 rings (SSSR count). The lowest BCUT2D eigenvalue weighted by Crippen LogP contribution is -2.54. The van der Waals surface area contributed by atoms with Crippen molar-refractivity contribution in [1.82, 2.24) is 14.7 Å². The summed E-state index contributed by atoms with van der Waals surface area (Å²) in [5.74, 6) is -0.456. The van der Waals surface area contributed by atoms with Crippen molar-refractivity contribution in [2.45, 2.75) is 25.6 Å². The van der Waals surface area contributed by atoms with E-state index in [1.54, 1.807) is 25.2 Å². The highest BCUT2D eigenvalue weighted by molar-refractivity contribution is 9.10. The minimum Gasteiger partial charge on any atom is -0.489 e. The molecule has 0 saturated heterocycles. The number of hydrogen-bond donors (Lipinski definition) is 0. The van der Waals surface area contributed by atoms with Crippen molar-refractivity contribution in [3.63, 3.8) is 0 Å². The first kappa shape index (κ1) is 23.3. The van der Waals surface area contributed by atoms with Crippen LogP contribution in [0.15, 0.2) is 53.0 Å². The van der Waals surface area contributed by atoms with Gasteiger partial charge in [0.1, 0.15) is 18.4 Å². The average Bonchev–Trinajstić information content (AvgIpc) is 3.11. The van der Waals surface area contributed by atoms with E-state index < -0.39 is 18.6 Å². The summed E-state index contributed by atoms with van der Waals surface area (Å²) >= 11 is 3.40. The van der Waals surface area contributed by atoms with E-state index in [4.69, 9.17) is 9.47 Å². The van der Waals surface area contributed by atoms with Crippen molar-refractivity contribution >= 4 is 33.4 Å². The van der Waals surface area contributed by atoms with Crippen LogP contribution in [0.1, 0.15) is 21.6 Å². The van der Waals surface area contributed by atoms with Gasteiger partial charge >= 0.3 is 6.61 Å². The summed E-state index contributed by atoms with van der Waals surface area (Å²) in [5, 5.41) is 4.34. The van der Waals surface area contributed by atoms with E-state index in [9.17, 15) is 18.4 Å². The highest BCUT2D eigenvalue weighted by Gasteiger charge is 2.41. The number of fused-ring (bicyclic) bond motifs is 2. The van der Waals surface area contributed by atoms with Gasteiger partial charge in [-0.2, -0.15) is 13.9 Å². The van der Waals surface area contributed by atoms with Crippen molar-refractivity contribution in [3.05, 3.63) is 69.8 Å². The number of alkyl halides is 2. The Kier molecular flexibility index (Phi) is 6.18. The third-order valence-corrected chi connectivity index (χ3v) is 6.61. The van der Waals surface area contributed by atoms with Crippen LogP contribution in [-0.4, -0.2) is 59.3 Å². The number of nitrogens with zero attached hydrogens (tertiary/aromatic N) is 4. The first-order valence-corrected chi connectivity index (χ1v) is 11.7. The Morgan fingerprint density at radius 1 is 1.20 bits per heavy atom. The molecular formula is C24H21BrF2N4O4. The lowest BCUT2D eigenvalue weighted by atomic mass is 10.0. The molecule has 1 atom stereocenters. The number of anilines is 1. The molecule has 0 radical (unpaired) electrons. The van der Waals surface area contributed by atoms with E-state index in [0.29, 0.717) is 17.0 Å². The molecule has 2 aliphatic heterocycles. The molecule has 2 amide bonds. The molecule has 0 saturated carbocycles. The van der Waals surface area contributed by atoms with Gasteiger partial charge in [0.25, 0.3) is 11.8 Å².